The minimum Gasteiger partial charge on any atom is -0.347 e. The topological polar surface area (TPSA) is 28.7 Å². The van der Waals surface area contributed by atoms with Gasteiger partial charge in [-0.05, 0) is 49.9 Å². The Morgan fingerprint density at radius 1 is 1.35 bits per heavy atom. The lowest BCUT2D eigenvalue weighted by Gasteiger charge is -2.15. The molecule has 1 aromatic heterocycles. The van der Waals surface area contributed by atoms with Crippen molar-refractivity contribution in [3.63, 3.8) is 0 Å². The third-order valence-electron chi connectivity index (χ3n) is 3.02. The zero-order valence-corrected chi connectivity index (χ0v) is 10.1. The molecule has 0 atom stereocenters. The minimum absolute atomic E-state index is 0.225. The van der Waals surface area contributed by atoms with Gasteiger partial charge in [-0.3, -0.25) is 0 Å². The first-order valence-electron chi connectivity index (χ1n) is 5.67. The molecule has 0 fully saturated rings. The zero-order chi connectivity index (χ0) is 12.5. The number of hydrogen-bond acceptors (Lipinski definition) is 1. The molecular formula is C14H15FN2. The summed E-state index contributed by atoms with van der Waals surface area (Å²) in [6.45, 7) is 4.56. The van der Waals surface area contributed by atoms with Crippen LogP contribution in [-0.2, 0) is 6.54 Å². The van der Waals surface area contributed by atoms with Crippen LogP contribution in [-0.4, -0.2) is 4.57 Å². The third kappa shape index (κ3) is 2.47. The first-order valence-corrected chi connectivity index (χ1v) is 5.67. The predicted octanol–water partition coefficient (Wildman–Crippen LogP) is 3.72. The Morgan fingerprint density at radius 2 is 2.12 bits per heavy atom. The van der Waals surface area contributed by atoms with Crippen molar-refractivity contribution in [2.45, 2.75) is 26.8 Å². The van der Waals surface area contributed by atoms with Crippen molar-refractivity contribution in [1.29, 1.82) is 5.26 Å². The maximum Gasteiger partial charge on any atom is 0.125 e. The Hall–Kier alpha value is -1.82. The smallest absolute Gasteiger partial charge is 0.125 e. The van der Waals surface area contributed by atoms with Crippen molar-refractivity contribution in [2.75, 3.05) is 0 Å². The molecule has 0 aliphatic carbocycles. The summed E-state index contributed by atoms with van der Waals surface area (Å²) in [7, 11) is 0. The molecule has 17 heavy (non-hydrogen) atoms. The number of halogens is 1. The maximum absolute atomic E-state index is 13.2. The molecule has 0 N–H and O–H groups in total. The first kappa shape index (κ1) is 11.7. The number of aryl methyl sites for hydroxylation is 1. The summed E-state index contributed by atoms with van der Waals surface area (Å²) in [5.41, 5.74) is 0.544. The van der Waals surface area contributed by atoms with Gasteiger partial charge in [-0.2, -0.15) is 5.26 Å². The lowest BCUT2D eigenvalue weighted by molar-refractivity contribution is 0.417. The van der Waals surface area contributed by atoms with E-state index in [-0.39, 0.29) is 11.2 Å². The highest BCUT2D eigenvalue weighted by molar-refractivity contribution is 5.80. The Bertz CT molecular complexity index is 575. The van der Waals surface area contributed by atoms with Gasteiger partial charge in [-0.1, -0.05) is 0 Å². The molecule has 0 saturated carbocycles. The second-order valence-corrected chi connectivity index (χ2v) is 4.96. The van der Waals surface area contributed by atoms with Gasteiger partial charge < -0.3 is 4.57 Å². The summed E-state index contributed by atoms with van der Waals surface area (Å²) in [5, 5.41) is 9.99. The number of benzene rings is 1. The Morgan fingerprint density at radius 3 is 2.82 bits per heavy atom. The van der Waals surface area contributed by atoms with Gasteiger partial charge in [0.25, 0.3) is 0 Å². The van der Waals surface area contributed by atoms with Crippen LogP contribution in [0.4, 0.5) is 4.39 Å². The van der Waals surface area contributed by atoms with Gasteiger partial charge in [0.15, 0.2) is 0 Å². The van der Waals surface area contributed by atoms with Crippen LogP contribution in [0.15, 0.2) is 30.5 Å². The fourth-order valence-electron chi connectivity index (χ4n) is 1.81. The van der Waals surface area contributed by atoms with E-state index in [0.29, 0.717) is 0 Å². The van der Waals surface area contributed by atoms with Crippen LogP contribution < -0.4 is 0 Å². The van der Waals surface area contributed by atoms with Crippen molar-refractivity contribution in [2.24, 2.45) is 5.41 Å². The second-order valence-electron chi connectivity index (χ2n) is 4.96. The van der Waals surface area contributed by atoms with Crippen LogP contribution >= 0.6 is 0 Å². The predicted molar refractivity (Wildman–Crippen MR) is 65.9 cm³/mol. The van der Waals surface area contributed by atoms with Crippen LogP contribution in [0.25, 0.3) is 10.9 Å². The summed E-state index contributed by atoms with van der Waals surface area (Å²) in [6, 6.07) is 9.02. The molecule has 0 spiro atoms. The van der Waals surface area contributed by atoms with Crippen LogP contribution in [0.2, 0.25) is 0 Å². The van der Waals surface area contributed by atoms with E-state index in [0.717, 1.165) is 23.9 Å². The first-order chi connectivity index (χ1) is 8.02. The summed E-state index contributed by atoms with van der Waals surface area (Å²) < 4.78 is 15.2. The highest BCUT2D eigenvalue weighted by Crippen LogP contribution is 2.22. The van der Waals surface area contributed by atoms with Gasteiger partial charge in [-0.25, -0.2) is 4.39 Å². The van der Waals surface area contributed by atoms with E-state index >= 15 is 0 Å². The molecule has 0 amide bonds. The van der Waals surface area contributed by atoms with Crippen molar-refractivity contribution in [1.82, 2.24) is 4.57 Å². The van der Waals surface area contributed by atoms with Gasteiger partial charge in [0.2, 0.25) is 0 Å². The van der Waals surface area contributed by atoms with Gasteiger partial charge >= 0.3 is 0 Å². The van der Waals surface area contributed by atoms with Gasteiger partial charge in [0, 0.05) is 12.7 Å². The molecule has 0 bridgehead atoms. The van der Waals surface area contributed by atoms with Crippen LogP contribution in [0, 0.1) is 22.6 Å². The Kier molecular flexibility index (Phi) is 2.89. The molecule has 88 valence electrons. The average molecular weight is 230 g/mol. The van der Waals surface area contributed by atoms with Crippen LogP contribution in [0.1, 0.15) is 20.3 Å². The summed E-state index contributed by atoms with van der Waals surface area (Å²) in [6.07, 6.45) is 2.70. The average Bonchev–Trinajstić information content (AvgIpc) is 2.69. The molecule has 0 radical (unpaired) electrons. The molecular weight excluding hydrogens is 215 g/mol. The monoisotopic (exact) mass is 230 g/mol. The Balaban J connectivity index is 2.25. The number of rotatable bonds is 3. The van der Waals surface area contributed by atoms with Crippen molar-refractivity contribution < 1.29 is 4.39 Å². The second kappa shape index (κ2) is 4.21. The van der Waals surface area contributed by atoms with E-state index in [2.05, 4.69) is 6.07 Å². The number of nitriles is 1. The number of nitrogens with zero attached hydrogens (tertiary/aromatic N) is 2. The maximum atomic E-state index is 13.2. The van der Waals surface area contributed by atoms with Crippen molar-refractivity contribution in [3.05, 3.63) is 36.3 Å². The highest BCUT2D eigenvalue weighted by Gasteiger charge is 2.16. The van der Waals surface area contributed by atoms with E-state index in [1.54, 1.807) is 6.07 Å². The molecule has 0 saturated heterocycles. The number of fused-ring (bicyclic) bond motifs is 1. The number of hydrogen-bond donors (Lipinski definition) is 0. The highest BCUT2D eigenvalue weighted by atomic mass is 19.1. The van der Waals surface area contributed by atoms with Gasteiger partial charge in [-0.15, -0.1) is 0 Å². The van der Waals surface area contributed by atoms with Gasteiger partial charge in [0.1, 0.15) is 5.82 Å². The molecule has 0 aliphatic rings. The lowest BCUT2D eigenvalue weighted by atomic mass is 9.91. The summed E-state index contributed by atoms with van der Waals surface area (Å²) in [4.78, 5) is 0. The summed E-state index contributed by atoms with van der Waals surface area (Å²) >= 11 is 0. The fourth-order valence-corrected chi connectivity index (χ4v) is 1.81. The van der Waals surface area contributed by atoms with Gasteiger partial charge in [0.05, 0.1) is 17.0 Å². The minimum atomic E-state index is -0.343. The van der Waals surface area contributed by atoms with E-state index < -0.39 is 0 Å². The SMILES string of the molecule is CC(C)(C#N)CCn1ccc2ccc(F)cc21. The molecule has 3 heteroatoms. The van der Waals surface area contributed by atoms with Crippen LogP contribution in [0.5, 0.6) is 0 Å². The van der Waals surface area contributed by atoms with Crippen molar-refractivity contribution in [3.8, 4) is 6.07 Å². The van der Waals surface area contributed by atoms with E-state index in [1.807, 2.05) is 30.7 Å². The van der Waals surface area contributed by atoms with E-state index in [9.17, 15) is 4.39 Å². The fraction of sp³-hybridized carbons (Fsp3) is 0.357. The number of aromatic nitrogens is 1. The Labute approximate surface area is 100 Å². The quantitative estimate of drug-likeness (QED) is 0.790. The summed E-state index contributed by atoms with van der Waals surface area (Å²) in [5.74, 6) is -0.225. The van der Waals surface area contributed by atoms with Crippen LogP contribution in [0.3, 0.4) is 0 Å². The molecule has 1 aromatic carbocycles. The largest absolute Gasteiger partial charge is 0.347 e. The van der Waals surface area contributed by atoms with Crippen molar-refractivity contribution >= 4 is 10.9 Å². The standard InChI is InChI=1S/C14H15FN2/c1-14(2,10-16)6-8-17-7-5-11-3-4-12(15)9-13(11)17/h3-5,7,9H,6,8H2,1-2H3. The molecule has 2 aromatic rings. The molecule has 0 unspecified atom stereocenters. The third-order valence-corrected chi connectivity index (χ3v) is 3.02. The molecule has 1 heterocycles. The lowest BCUT2D eigenvalue weighted by Crippen LogP contribution is -2.11. The van der Waals surface area contributed by atoms with E-state index in [1.165, 1.54) is 12.1 Å². The molecule has 2 nitrogen and oxygen atoms in total. The normalized spacial score (nSPS) is 11.6. The molecule has 2 rings (SSSR count). The molecule has 0 aliphatic heterocycles. The van der Waals surface area contributed by atoms with E-state index in [4.69, 9.17) is 5.26 Å². The zero-order valence-electron chi connectivity index (χ0n) is 10.1.